The van der Waals surface area contributed by atoms with Crippen LogP contribution in [0.25, 0.3) is 0 Å². The first kappa shape index (κ1) is 21.4. The first-order valence-corrected chi connectivity index (χ1v) is 10.1. The maximum absolute atomic E-state index is 10.9. The van der Waals surface area contributed by atoms with E-state index >= 15 is 0 Å². The molecule has 0 N–H and O–H groups in total. The second kappa shape index (κ2) is 11.7. The summed E-state index contributed by atoms with van der Waals surface area (Å²) in [5.41, 5.74) is 3.70. The molecule has 0 aliphatic rings. The zero-order valence-electron chi connectivity index (χ0n) is 15.7. The largest absolute Gasteiger partial charge is 0.303 e. The molecule has 0 saturated carbocycles. The van der Waals surface area contributed by atoms with Crippen LogP contribution in [0.1, 0.15) is 23.1 Å². The van der Waals surface area contributed by atoms with Gasteiger partial charge in [0.05, 0.1) is 4.75 Å². The molecule has 0 unspecified atom stereocenters. The van der Waals surface area contributed by atoms with Crippen molar-refractivity contribution in [2.45, 2.75) is 11.2 Å². The van der Waals surface area contributed by atoms with Crippen molar-refractivity contribution in [3.05, 3.63) is 120 Å². The lowest BCUT2D eigenvalue weighted by molar-refractivity contribution is -0.107. The van der Waals surface area contributed by atoms with Gasteiger partial charge in [-0.15, -0.1) is 11.8 Å². The zero-order chi connectivity index (χ0) is 20.1. The Morgan fingerprint density at radius 3 is 1.36 bits per heavy atom. The van der Waals surface area contributed by atoms with Gasteiger partial charge in [-0.25, -0.2) is 0 Å². The van der Waals surface area contributed by atoms with Crippen molar-refractivity contribution in [1.29, 1.82) is 0 Å². The molecule has 142 valence electrons. The van der Waals surface area contributed by atoms with Crippen LogP contribution in [0, 0.1) is 0 Å². The summed E-state index contributed by atoms with van der Waals surface area (Å²) in [7, 11) is 0. The Morgan fingerprint density at radius 2 is 1.07 bits per heavy atom. The van der Waals surface area contributed by atoms with Crippen molar-refractivity contribution in [3.8, 4) is 0 Å². The van der Waals surface area contributed by atoms with Gasteiger partial charge in [-0.2, -0.15) is 0 Å². The van der Waals surface area contributed by atoms with E-state index in [0.717, 1.165) is 12.0 Å². The van der Waals surface area contributed by atoms with Crippen molar-refractivity contribution in [2.24, 2.45) is 0 Å². The van der Waals surface area contributed by atoms with Gasteiger partial charge in [-0.05, 0) is 22.8 Å². The third-order valence-electron chi connectivity index (χ3n) is 4.19. The van der Waals surface area contributed by atoms with Crippen LogP contribution in [0.2, 0.25) is 0 Å². The summed E-state index contributed by atoms with van der Waals surface area (Å²) in [5, 5.41) is 0. The fourth-order valence-electron chi connectivity index (χ4n) is 3.03. The average molecular weight is 389 g/mol. The summed E-state index contributed by atoms with van der Waals surface area (Å²) in [6.07, 6.45) is 3.39. The molecule has 0 amide bonds. The van der Waals surface area contributed by atoms with Crippen molar-refractivity contribution >= 4 is 24.3 Å². The van der Waals surface area contributed by atoms with Gasteiger partial charge in [0.25, 0.3) is 0 Å². The molecule has 3 aromatic rings. The van der Waals surface area contributed by atoms with Gasteiger partial charge in [0.1, 0.15) is 12.6 Å². The summed E-state index contributed by atoms with van der Waals surface area (Å²) >= 11 is 1.82. The molecule has 3 aromatic carbocycles. The average Bonchev–Trinajstić information content (AvgIpc) is 2.79. The second-order valence-electron chi connectivity index (χ2n) is 5.95. The molecule has 0 spiro atoms. The lowest BCUT2D eigenvalue weighted by Gasteiger charge is -2.35. The van der Waals surface area contributed by atoms with E-state index in [1.165, 1.54) is 22.8 Å². The van der Waals surface area contributed by atoms with Crippen molar-refractivity contribution in [1.82, 2.24) is 0 Å². The lowest BCUT2D eigenvalue weighted by atomic mass is 9.84. The molecule has 0 saturated heterocycles. The molecule has 0 fully saturated rings. The van der Waals surface area contributed by atoms with Crippen LogP contribution < -0.4 is 0 Å². The maximum atomic E-state index is 10.9. The molecule has 2 nitrogen and oxygen atoms in total. The Balaban J connectivity index is 0.000000640. The Kier molecular flexibility index (Phi) is 8.96. The van der Waals surface area contributed by atoms with Gasteiger partial charge in [-0.1, -0.05) is 97.6 Å². The van der Waals surface area contributed by atoms with Gasteiger partial charge < -0.3 is 4.79 Å². The highest BCUT2D eigenvalue weighted by atomic mass is 32.2. The van der Waals surface area contributed by atoms with Gasteiger partial charge >= 0.3 is 0 Å². The number of hydrogen-bond donors (Lipinski definition) is 0. The fourth-order valence-corrected chi connectivity index (χ4v) is 4.46. The summed E-state index contributed by atoms with van der Waals surface area (Å²) in [6.45, 7) is 3.11. The number of aldehydes is 2. The molecule has 3 heteroatoms. The van der Waals surface area contributed by atoms with Crippen molar-refractivity contribution in [2.75, 3.05) is 5.75 Å². The topological polar surface area (TPSA) is 34.1 Å². The monoisotopic (exact) mass is 388 g/mol. The molecular weight excluding hydrogens is 364 g/mol. The maximum Gasteiger partial charge on any atom is 0.142 e. The molecular formula is C25H24O2S. The minimum Gasteiger partial charge on any atom is -0.303 e. The Labute approximate surface area is 171 Å². The Morgan fingerprint density at radius 1 is 0.714 bits per heavy atom. The molecule has 0 bridgehead atoms. The third kappa shape index (κ3) is 5.30. The number of allylic oxidation sites excluding steroid dienone is 1. The molecule has 0 atom stereocenters. The second-order valence-corrected chi connectivity index (χ2v) is 7.26. The van der Waals surface area contributed by atoms with Crippen LogP contribution in [0.15, 0.2) is 104 Å². The van der Waals surface area contributed by atoms with Crippen LogP contribution in [0.5, 0.6) is 0 Å². The van der Waals surface area contributed by atoms with E-state index in [0.29, 0.717) is 12.7 Å². The SMILES string of the molecule is C=CC=O.O=CCCSC(c1ccccc1)(c1ccccc1)c1ccccc1. The number of benzene rings is 3. The summed E-state index contributed by atoms with van der Waals surface area (Å²) in [5.74, 6) is 0.780. The molecule has 0 radical (unpaired) electrons. The summed E-state index contributed by atoms with van der Waals surface area (Å²) in [6, 6.07) is 31.7. The minimum atomic E-state index is -0.313. The molecule has 3 rings (SSSR count). The Bertz CT molecular complexity index is 743. The summed E-state index contributed by atoms with van der Waals surface area (Å²) < 4.78 is -0.313. The van der Waals surface area contributed by atoms with E-state index in [2.05, 4.69) is 79.4 Å². The van der Waals surface area contributed by atoms with Crippen LogP contribution in [-0.4, -0.2) is 18.3 Å². The number of rotatable bonds is 8. The number of carbonyl (C=O) groups is 2. The van der Waals surface area contributed by atoms with Gasteiger partial charge in [0, 0.05) is 12.2 Å². The van der Waals surface area contributed by atoms with E-state index in [-0.39, 0.29) is 4.75 Å². The first-order valence-electron chi connectivity index (χ1n) is 9.10. The standard InChI is InChI=1S/C22H20OS.C3H4O/c23-17-10-18-24-22(19-11-4-1-5-12-19,20-13-6-2-7-14-20)21-15-8-3-9-16-21;1-2-3-4/h1-9,11-17H,10,18H2;2-3H,1H2. The number of carbonyl (C=O) groups excluding carboxylic acids is 2. The van der Waals surface area contributed by atoms with Crippen LogP contribution in [0.3, 0.4) is 0 Å². The van der Waals surface area contributed by atoms with E-state index in [1.807, 2.05) is 30.0 Å². The van der Waals surface area contributed by atoms with E-state index in [1.54, 1.807) is 0 Å². The van der Waals surface area contributed by atoms with E-state index in [9.17, 15) is 4.79 Å². The van der Waals surface area contributed by atoms with Gasteiger partial charge in [0.2, 0.25) is 0 Å². The molecule has 0 aromatic heterocycles. The fraction of sp³-hybridized carbons (Fsp3) is 0.120. The van der Waals surface area contributed by atoms with E-state index in [4.69, 9.17) is 4.79 Å². The minimum absolute atomic E-state index is 0.313. The number of thioether (sulfide) groups is 1. The molecule has 0 aliphatic carbocycles. The van der Waals surface area contributed by atoms with E-state index < -0.39 is 0 Å². The predicted octanol–water partition coefficient (Wildman–Crippen LogP) is 5.67. The first-order chi connectivity index (χ1) is 13.8. The molecule has 28 heavy (non-hydrogen) atoms. The van der Waals surface area contributed by atoms with Crippen LogP contribution >= 0.6 is 11.8 Å². The van der Waals surface area contributed by atoms with Gasteiger partial charge in [0.15, 0.2) is 0 Å². The molecule has 0 aliphatic heterocycles. The summed E-state index contributed by atoms with van der Waals surface area (Å²) in [4.78, 5) is 19.9. The highest BCUT2D eigenvalue weighted by Gasteiger charge is 2.36. The highest BCUT2D eigenvalue weighted by molar-refractivity contribution is 8.00. The predicted molar refractivity (Wildman–Crippen MR) is 119 cm³/mol. The third-order valence-corrected chi connectivity index (χ3v) is 5.77. The smallest absolute Gasteiger partial charge is 0.142 e. The van der Waals surface area contributed by atoms with Crippen LogP contribution in [-0.2, 0) is 14.3 Å². The Hall–Kier alpha value is -2.91. The quantitative estimate of drug-likeness (QED) is 0.216. The lowest BCUT2D eigenvalue weighted by Crippen LogP contribution is -2.26. The zero-order valence-corrected chi connectivity index (χ0v) is 16.6. The highest BCUT2D eigenvalue weighted by Crippen LogP contribution is 2.48. The van der Waals surface area contributed by atoms with Crippen molar-refractivity contribution in [3.63, 3.8) is 0 Å². The van der Waals surface area contributed by atoms with Crippen molar-refractivity contribution < 1.29 is 9.59 Å². The molecule has 0 heterocycles. The van der Waals surface area contributed by atoms with Gasteiger partial charge in [-0.3, -0.25) is 4.79 Å². The normalized spacial score (nSPS) is 10.3. The number of hydrogen-bond acceptors (Lipinski definition) is 3. The van der Waals surface area contributed by atoms with Crippen LogP contribution in [0.4, 0.5) is 0 Å².